The van der Waals surface area contributed by atoms with Gasteiger partial charge in [0.25, 0.3) is 5.91 Å². The highest BCUT2D eigenvalue weighted by atomic mass is 16.5. The number of methoxy groups -OCH3 is 2. The second-order valence-electron chi connectivity index (χ2n) is 8.72. The minimum absolute atomic E-state index is 0.0391. The summed E-state index contributed by atoms with van der Waals surface area (Å²) in [7, 11) is 3.16. The van der Waals surface area contributed by atoms with Crippen molar-refractivity contribution >= 4 is 27.7 Å². The van der Waals surface area contributed by atoms with Crippen LogP contribution in [0.2, 0.25) is 0 Å². The van der Waals surface area contributed by atoms with Gasteiger partial charge >= 0.3 is 0 Å². The number of carbonyl (C=O) groups is 1. The molecule has 0 atom stereocenters. The Morgan fingerprint density at radius 1 is 0.824 bits per heavy atom. The molecular weight excluding hydrogens is 426 g/mol. The molecule has 0 bridgehead atoms. The lowest BCUT2D eigenvalue weighted by Crippen LogP contribution is -2.48. The number of carbonyl (C=O) groups excluding carboxylic acids is 1. The molecule has 34 heavy (non-hydrogen) atoms. The first-order valence-electron chi connectivity index (χ1n) is 11.9. The van der Waals surface area contributed by atoms with Gasteiger partial charge in [0.15, 0.2) is 0 Å². The summed E-state index contributed by atoms with van der Waals surface area (Å²) in [4.78, 5) is 17.6. The average molecular weight is 458 g/mol. The molecule has 4 aromatic rings. The number of nitrogens with zero attached hydrogens (tertiary/aromatic N) is 3. The molecule has 6 nitrogen and oxygen atoms in total. The van der Waals surface area contributed by atoms with Crippen molar-refractivity contribution in [2.75, 3.05) is 40.4 Å². The first kappa shape index (κ1) is 22.3. The Labute approximate surface area is 200 Å². The lowest BCUT2D eigenvalue weighted by molar-refractivity contribution is 0.0622. The number of piperazine rings is 1. The third kappa shape index (κ3) is 3.88. The molecule has 1 fully saturated rings. The van der Waals surface area contributed by atoms with Crippen molar-refractivity contribution in [3.05, 3.63) is 71.8 Å². The van der Waals surface area contributed by atoms with E-state index in [0.29, 0.717) is 30.2 Å². The summed E-state index contributed by atoms with van der Waals surface area (Å²) < 4.78 is 13.3. The molecule has 1 aliphatic rings. The van der Waals surface area contributed by atoms with E-state index in [0.717, 1.165) is 26.2 Å². The third-order valence-corrected chi connectivity index (χ3v) is 6.86. The molecule has 1 aromatic heterocycles. The molecule has 176 valence electrons. The van der Waals surface area contributed by atoms with Crippen LogP contribution in [0.4, 0.5) is 0 Å². The first-order chi connectivity index (χ1) is 16.6. The van der Waals surface area contributed by atoms with E-state index >= 15 is 0 Å². The zero-order chi connectivity index (χ0) is 23.7. The molecule has 0 spiro atoms. The van der Waals surface area contributed by atoms with Crippen molar-refractivity contribution in [1.82, 2.24) is 14.4 Å². The summed E-state index contributed by atoms with van der Waals surface area (Å²) in [6, 6.07) is 20.9. The minimum atomic E-state index is -0.0391. The van der Waals surface area contributed by atoms with Crippen molar-refractivity contribution in [3.8, 4) is 11.5 Å². The topological polar surface area (TPSA) is 46.9 Å². The lowest BCUT2D eigenvalue weighted by Gasteiger charge is -2.35. The molecular formula is C28H31N3O3. The summed E-state index contributed by atoms with van der Waals surface area (Å²) in [6.07, 6.45) is 0. The Hall–Kier alpha value is -3.51. The van der Waals surface area contributed by atoms with Crippen LogP contribution in [0.15, 0.2) is 60.7 Å². The van der Waals surface area contributed by atoms with Gasteiger partial charge in [0, 0.05) is 61.1 Å². The van der Waals surface area contributed by atoms with E-state index in [2.05, 4.69) is 58.9 Å². The summed E-state index contributed by atoms with van der Waals surface area (Å²) >= 11 is 0. The Bertz CT molecular complexity index is 1310. The third-order valence-electron chi connectivity index (χ3n) is 6.86. The molecule has 1 saturated heterocycles. The number of hydrogen-bond acceptors (Lipinski definition) is 4. The number of aryl methyl sites for hydroxylation is 1. The molecule has 6 heteroatoms. The van der Waals surface area contributed by atoms with Crippen LogP contribution in [0, 0.1) is 0 Å². The van der Waals surface area contributed by atoms with Crippen LogP contribution in [-0.4, -0.2) is 60.7 Å². The van der Waals surface area contributed by atoms with E-state index in [1.807, 2.05) is 11.0 Å². The van der Waals surface area contributed by atoms with Gasteiger partial charge in [-0.25, -0.2) is 0 Å². The van der Waals surface area contributed by atoms with E-state index in [-0.39, 0.29) is 5.91 Å². The van der Waals surface area contributed by atoms with Gasteiger partial charge < -0.3 is 18.9 Å². The van der Waals surface area contributed by atoms with Crippen molar-refractivity contribution in [1.29, 1.82) is 0 Å². The maximum atomic E-state index is 13.3. The molecule has 0 N–H and O–H groups in total. The van der Waals surface area contributed by atoms with Crippen molar-refractivity contribution in [2.45, 2.75) is 20.0 Å². The summed E-state index contributed by atoms with van der Waals surface area (Å²) in [5.74, 6) is 1.06. The maximum Gasteiger partial charge on any atom is 0.261 e. The summed E-state index contributed by atoms with van der Waals surface area (Å²) in [5.41, 5.74) is 4.38. The summed E-state index contributed by atoms with van der Waals surface area (Å²) in [6.45, 7) is 7.05. The molecule has 5 rings (SSSR count). The van der Waals surface area contributed by atoms with E-state index in [4.69, 9.17) is 9.47 Å². The molecule has 2 heterocycles. The van der Waals surface area contributed by atoms with Gasteiger partial charge in [-0.1, -0.05) is 30.3 Å². The number of ether oxygens (including phenoxy) is 2. The molecule has 0 aliphatic carbocycles. The van der Waals surface area contributed by atoms with Gasteiger partial charge in [0.1, 0.15) is 17.1 Å². The number of rotatable bonds is 6. The van der Waals surface area contributed by atoms with Crippen LogP contribution < -0.4 is 9.47 Å². The Balaban J connectivity index is 1.31. The van der Waals surface area contributed by atoms with Crippen LogP contribution in [0.3, 0.4) is 0 Å². The Morgan fingerprint density at radius 3 is 2.18 bits per heavy atom. The highest BCUT2D eigenvalue weighted by Crippen LogP contribution is 2.31. The SMILES string of the molecule is CCn1c2ccccc2c2cc(CN3CCN(C(=O)c4c(OC)cccc4OC)CC3)ccc21. The second-order valence-corrected chi connectivity index (χ2v) is 8.72. The van der Waals surface area contributed by atoms with Crippen LogP contribution in [0.5, 0.6) is 11.5 Å². The fraction of sp³-hybridized carbons (Fsp3) is 0.321. The predicted molar refractivity (Wildman–Crippen MR) is 136 cm³/mol. The highest BCUT2D eigenvalue weighted by Gasteiger charge is 2.27. The van der Waals surface area contributed by atoms with Gasteiger partial charge in [-0.2, -0.15) is 0 Å². The van der Waals surface area contributed by atoms with E-state index < -0.39 is 0 Å². The molecule has 0 saturated carbocycles. The van der Waals surface area contributed by atoms with Crippen molar-refractivity contribution < 1.29 is 14.3 Å². The minimum Gasteiger partial charge on any atom is -0.496 e. The van der Waals surface area contributed by atoms with Crippen molar-refractivity contribution in [3.63, 3.8) is 0 Å². The molecule has 0 radical (unpaired) electrons. The standard InChI is InChI=1S/C28H31N3O3/c1-4-31-23-9-6-5-8-21(23)22-18-20(12-13-24(22)31)19-29-14-16-30(17-15-29)28(32)27-25(33-2)10-7-11-26(27)34-3/h5-13,18H,4,14-17,19H2,1-3H3. The zero-order valence-corrected chi connectivity index (χ0v) is 20.1. The number of benzene rings is 3. The number of hydrogen-bond donors (Lipinski definition) is 0. The number of para-hydroxylation sites is 1. The van der Waals surface area contributed by atoms with Crippen LogP contribution >= 0.6 is 0 Å². The van der Waals surface area contributed by atoms with E-state index in [9.17, 15) is 4.79 Å². The number of fused-ring (bicyclic) bond motifs is 3. The predicted octanol–water partition coefficient (Wildman–Crippen LogP) is 4.79. The normalized spacial score (nSPS) is 14.6. The average Bonchev–Trinajstić information content (AvgIpc) is 3.21. The maximum absolute atomic E-state index is 13.3. The lowest BCUT2D eigenvalue weighted by atomic mass is 10.1. The fourth-order valence-corrected chi connectivity index (χ4v) is 5.13. The largest absolute Gasteiger partial charge is 0.496 e. The van der Waals surface area contributed by atoms with Crippen molar-refractivity contribution in [2.24, 2.45) is 0 Å². The fourth-order valence-electron chi connectivity index (χ4n) is 5.13. The van der Waals surface area contributed by atoms with Crippen LogP contribution in [0.25, 0.3) is 21.8 Å². The molecule has 1 aliphatic heterocycles. The van der Waals surface area contributed by atoms with Gasteiger partial charge in [0.2, 0.25) is 0 Å². The molecule has 1 amide bonds. The second kappa shape index (κ2) is 9.39. The van der Waals surface area contributed by atoms with E-state index in [1.165, 1.54) is 27.4 Å². The van der Waals surface area contributed by atoms with Gasteiger partial charge in [-0.3, -0.25) is 9.69 Å². The van der Waals surface area contributed by atoms with Crippen LogP contribution in [-0.2, 0) is 13.1 Å². The van der Waals surface area contributed by atoms with Gasteiger partial charge in [-0.15, -0.1) is 0 Å². The van der Waals surface area contributed by atoms with Gasteiger partial charge in [-0.05, 0) is 42.8 Å². The molecule has 0 unspecified atom stereocenters. The van der Waals surface area contributed by atoms with Crippen LogP contribution in [0.1, 0.15) is 22.8 Å². The number of amides is 1. The Kier molecular flexibility index (Phi) is 6.16. The highest BCUT2D eigenvalue weighted by molar-refractivity contribution is 6.08. The summed E-state index contributed by atoms with van der Waals surface area (Å²) in [5, 5.41) is 2.62. The first-order valence-corrected chi connectivity index (χ1v) is 11.9. The van der Waals surface area contributed by atoms with E-state index in [1.54, 1.807) is 26.4 Å². The monoisotopic (exact) mass is 457 g/mol. The Morgan fingerprint density at radius 2 is 1.50 bits per heavy atom. The quantitative estimate of drug-likeness (QED) is 0.418. The number of aromatic nitrogens is 1. The zero-order valence-electron chi connectivity index (χ0n) is 20.1. The smallest absolute Gasteiger partial charge is 0.261 e. The molecule has 3 aromatic carbocycles. The van der Waals surface area contributed by atoms with Gasteiger partial charge in [0.05, 0.1) is 14.2 Å².